The predicted molar refractivity (Wildman–Crippen MR) is 77.2 cm³/mol. The van der Waals surface area contributed by atoms with E-state index in [2.05, 4.69) is 68.3 Å². The highest BCUT2D eigenvalue weighted by Crippen LogP contribution is 2.21. The summed E-state index contributed by atoms with van der Waals surface area (Å²) in [6.45, 7) is 0. The van der Waals surface area contributed by atoms with Crippen molar-refractivity contribution in [2.75, 3.05) is 0 Å². The zero-order chi connectivity index (χ0) is 11.4. The second-order valence-corrected chi connectivity index (χ2v) is 5.28. The Hall–Kier alpha value is -0.860. The number of hydrogen-bond acceptors (Lipinski definition) is 0. The van der Waals surface area contributed by atoms with Gasteiger partial charge < -0.3 is 0 Å². The minimum atomic E-state index is 1.08. The average molecular weight is 338 g/mol. The van der Waals surface area contributed by atoms with Crippen molar-refractivity contribution in [1.29, 1.82) is 0 Å². The van der Waals surface area contributed by atoms with Crippen LogP contribution in [0.25, 0.3) is 12.2 Å². The second kappa shape index (κ2) is 5.46. The van der Waals surface area contributed by atoms with Crippen LogP contribution in [0.5, 0.6) is 0 Å². The van der Waals surface area contributed by atoms with Gasteiger partial charge in [-0.3, -0.25) is 0 Å². The van der Waals surface area contributed by atoms with Crippen LogP contribution in [0.15, 0.2) is 57.5 Å². The van der Waals surface area contributed by atoms with Crippen LogP contribution in [0.4, 0.5) is 0 Å². The van der Waals surface area contributed by atoms with Crippen molar-refractivity contribution in [3.63, 3.8) is 0 Å². The Morgan fingerprint density at radius 3 is 1.88 bits per heavy atom. The molecule has 2 rings (SSSR count). The topological polar surface area (TPSA) is 0 Å². The highest BCUT2D eigenvalue weighted by Gasteiger charge is 1.94. The Bertz CT molecular complexity index is 481. The molecule has 0 unspecified atom stereocenters. The van der Waals surface area contributed by atoms with Crippen LogP contribution in [0.1, 0.15) is 11.1 Å². The molecule has 0 amide bonds. The lowest BCUT2D eigenvalue weighted by atomic mass is 10.1. The highest BCUT2D eigenvalue weighted by molar-refractivity contribution is 9.11. The molecule has 0 heterocycles. The Morgan fingerprint density at radius 1 is 0.688 bits per heavy atom. The molecule has 2 aromatic rings. The van der Waals surface area contributed by atoms with Crippen LogP contribution in [-0.2, 0) is 0 Å². The number of benzene rings is 2. The maximum Gasteiger partial charge on any atom is 0.0192 e. The van der Waals surface area contributed by atoms with Crippen molar-refractivity contribution in [3.8, 4) is 0 Å². The van der Waals surface area contributed by atoms with Crippen molar-refractivity contribution in [2.45, 2.75) is 0 Å². The van der Waals surface area contributed by atoms with Gasteiger partial charge in [0.1, 0.15) is 0 Å². The summed E-state index contributed by atoms with van der Waals surface area (Å²) in [5.74, 6) is 0. The molecule has 0 aliphatic carbocycles. The summed E-state index contributed by atoms with van der Waals surface area (Å²) in [5.41, 5.74) is 2.38. The Balaban J connectivity index is 2.24. The normalized spacial score (nSPS) is 10.9. The fourth-order valence-corrected chi connectivity index (χ4v) is 2.76. The third kappa shape index (κ3) is 3.32. The highest BCUT2D eigenvalue weighted by atomic mass is 79.9. The van der Waals surface area contributed by atoms with E-state index in [-0.39, 0.29) is 0 Å². The quantitative estimate of drug-likeness (QED) is 0.645. The molecule has 0 saturated heterocycles. The SMILES string of the molecule is Brc1cc(Br)cc(/C=C/c2ccccc2)c1. The predicted octanol–water partition coefficient (Wildman–Crippen LogP) is 5.38. The van der Waals surface area contributed by atoms with Gasteiger partial charge >= 0.3 is 0 Å². The van der Waals surface area contributed by atoms with Gasteiger partial charge in [0, 0.05) is 8.95 Å². The lowest BCUT2D eigenvalue weighted by molar-refractivity contribution is 1.57. The van der Waals surface area contributed by atoms with Gasteiger partial charge in [-0.15, -0.1) is 0 Å². The summed E-state index contributed by atoms with van der Waals surface area (Å²) in [7, 11) is 0. The zero-order valence-electron chi connectivity index (χ0n) is 8.53. The minimum absolute atomic E-state index is 1.08. The van der Waals surface area contributed by atoms with Crippen LogP contribution in [0.3, 0.4) is 0 Å². The number of halogens is 2. The second-order valence-electron chi connectivity index (χ2n) is 3.45. The molecule has 0 atom stereocenters. The summed E-state index contributed by atoms with van der Waals surface area (Å²) < 4.78 is 2.16. The summed E-state index contributed by atoms with van der Waals surface area (Å²) in [6.07, 6.45) is 4.21. The van der Waals surface area contributed by atoms with Crippen molar-refractivity contribution < 1.29 is 0 Å². The average Bonchev–Trinajstić information content (AvgIpc) is 2.27. The number of hydrogen-bond donors (Lipinski definition) is 0. The maximum atomic E-state index is 3.48. The molecule has 0 aromatic heterocycles. The van der Waals surface area contributed by atoms with Gasteiger partial charge in [0.2, 0.25) is 0 Å². The fourth-order valence-electron chi connectivity index (χ4n) is 1.43. The van der Waals surface area contributed by atoms with Gasteiger partial charge in [0.25, 0.3) is 0 Å². The number of rotatable bonds is 2. The lowest BCUT2D eigenvalue weighted by Gasteiger charge is -1.97. The van der Waals surface area contributed by atoms with Crippen molar-refractivity contribution in [3.05, 3.63) is 68.6 Å². The van der Waals surface area contributed by atoms with E-state index < -0.39 is 0 Å². The van der Waals surface area contributed by atoms with Gasteiger partial charge in [-0.1, -0.05) is 74.3 Å². The standard InChI is InChI=1S/C14H10Br2/c15-13-8-12(9-14(16)10-13)7-6-11-4-2-1-3-5-11/h1-10H/b7-6+. The molecule has 0 N–H and O–H groups in total. The molecule has 0 saturated carbocycles. The molecule has 0 aliphatic rings. The van der Waals surface area contributed by atoms with Crippen molar-refractivity contribution in [1.82, 2.24) is 0 Å². The Labute approximate surface area is 112 Å². The van der Waals surface area contributed by atoms with Crippen LogP contribution < -0.4 is 0 Å². The maximum absolute atomic E-state index is 3.48. The van der Waals surface area contributed by atoms with Gasteiger partial charge in [0.15, 0.2) is 0 Å². The molecule has 0 aliphatic heterocycles. The molecule has 80 valence electrons. The van der Waals surface area contributed by atoms with E-state index in [0.717, 1.165) is 8.95 Å². The van der Waals surface area contributed by atoms with Gasteiger partial charge in [-0.25, -0.2) is 0 Å². The first-order valence-corrected chi connectivity index (χ1v) is 6.52. The van der Waals surface area contributed by atoms with E-state index in [0.29, 0.717) is 0 Å². The molecular formula is C14H10Br2. The summed E-state index contributed by atoms with van der Waals surface area (Å²) >= 11 is 6.95. The smallest absolute Gasteiger partial charge is 0.0192 e. The summed E-state index contributed by atoms with van der Waals surface area (Å²) in [6, 6.07) is 16.5. The zero-order valence-corrected chi connectivity index (χ0v) is 11.7. The van der Waals surface area contributed by atoms with E-state index in [1.165, 1.54) is 11.1 Å². The summed E-state index contributed by atoms with van der Waals surface area (Å²) in [4.78, 5) is 0. The molecule has 0 spiro atoms. The molecule has 16 heavy (non-hydrogen) atoms. The molecular weight excluding hydrogens is 328 g/mol. The van der Waals surface area contributed by atoms with E-state index in [9.17, 15) is 0 Å². The van der Waals surface area contributed by atoms with Crippen LogP contribution >= 0.6 is 31.9 Å². The first-order chi connectivity index (χ1) is 7.74. The van der Waals surface area contributed by atoms with Crippen molar-refractivity contribution >= 4 is 44.0 Å². The van der Waals surface area contributed by atoms with Crippen LogP contribution in [0, 0.1) is 0 Å². The van der Waals surface area contributed by atoms with Gasteiger partial charge in [-0.05, 0) is 29.3 Å². The monoisotopic (exact) mass is 336 g/mol. The molecule has 2 heteroatoms. The molecule has 0 fully saturated rings. The van der Waals surface area contributed by atoms with E-state index in [1.807, 2.05) is 24.3 Å². The van der Waals surface area contributed by atoms with E-state index in [4.69, 9.17) is 0 Å². The Kier molecular flexibility index (Phi) is 3.97. The van der Waals surface area contributed by atoms with E-state index >= 15 is 0 Å². The molecule has 2 aromatic carbocycles. The Morgan fingerprint density at radius 2 is 1.25 bits per heavy atom. The van der Waals surface area contributed by atoms with Gasteiger partial charge in [0.05, 0.1) is 0 Å². The fraction of sp³-hybridized carbons (Fsp3) is 0. The van der Waals surface area contributed by atoms with Crippen LogP contribution in [-0.4, -0.2) is 0 Å². The minimum Gasteiger partial charge on any atom is -0.0622 e. The largest absolute Gasteiger partial charge is 0.0622 e. The third-order valence-corrected chi connectivity index (χ3v) is 3.07. The first kappa shape index (κ1) is 11.6. The first-order valence-electron chi connectivity index (χ1n) is 4.93. The summed E-state index contributed by atoms with van der Waals surface area (Å²) in [5, 5.41) is 0. The molecule has 0 bridgehead atoms. The van der Waals surface area contributed by atoms with Crippen molar-refractivity contribution in [2.24, 2.45) is 0 Å². The van der Waals surface area contributed by atoms with Gasteiger partial charge in [-0.2, -0.15) is 0 Å². The molecule has 0 radical (unpaired) electrons. The molecule has 0 nitrogen and oxygen atoms in total. The van der Waals surface area contributed by atoms with Crippen LogP contribution in [0.2, 0.25) is 0 Å². The lowest BCUT2D eigenvalue weighted by Crippen LogP contribution is -1.74. The third-order valence-electron chi connectivity index (χ3n) is 2.15. The van der Waals surface area contributed by atoms with E-state index in [1.54, 1.807) is 0 Å².